The Morgan fingerprint density at radius 1 is 1.17 bits per heavy atom. The maximum atomic E-state index is 12.6. The molecule has 0 spiro atoms. The summed E-state index contributed by atoms with van der Waals surface area (Å²) in [7, 11) is 0. The molecule has 18 heavy (non-hydrogen) atoms. The summed E-state index contributed by atoms with van der Waals surface area (Å²) in [6.07, 6.45) is -2.22. The summed E-state index contributed by atoms with van der Waals surface area (Å²) in [5.74, 6) is 0. The molecule has 0 aliphatic heterocycles. The summed E-state index contributed by atoms with van der Waals surface area (Å²) in [6.45, 7) is 0.552. The van der Waals surface area contributed by atoms with Gasteiger partial charge in [0.05, 0.1) is 5.56 Å². The SMILES string of the molecule is NCCCC[C@@H](N)c1cc(Cl)cc(C(F)(F)F)c1. The summed E-state index contributed by atoms with van der Waals surface area (Å²) in [5, 5.41) is 0.0501. The van der Waals surface area contributed by atoms with Gasteiger partial charge < -0.3 is 11.5 Å². The highest BCUT2D eigenvalue weighted by Crippen LogP contribution is 2.33. The van der Waals surface area contributed by atoms with Gasteiger partial charge in [0.1, 0.15) is 0 Å². The highest BCUT2D eigenvalue weighted by Gasteiger charge is 2.31. The molecule has 0 saturated carbocycles. The van der Waals surface area contributed by atoms with Crippen molar-refractivity contribution in [3.05, 3.63) is 34.3 Å². The molecule has 2 nitrogen and oxygen atoms in total. The first-order valence-electron chi connectivity index (χ1n) is 5.68. The van der Waals surface area contributed by atoms with Crippen LogP contribution in [0.4, 0.5) is 13.2 Å². The van der Waals surface area contributed by atoms with Gasteiger partial charge in [0, 0.05) is 11.1 Å². The Bertz CT molecular complexity index is 393. The number of hydrogen-bond donors (Lipinski definition) is 2. The summed E-state index contributed by atoms with van der Waals surface area (Å²) in [5.41, 5.74) is 10.8. The van der Waals surface area contributed by atoms with Crippen molar-refractivity contribution in [2.45, 2.75) is 31.5 Å². The summed E-state index contributed by atoms with van der Waals surface area (Å²) in [6, 6.07) is 2.98. The monoisotopic (exact) mass is 280 g/mol. The lowest BCUT2D eigenvalue weighted by atomic mass is 9.99. The molecule has 1 atom stereocenters. The lowest BCUT2D eigenvalue weighted by Gasteiger charge is -2.15. The summed E-state index contributed by atoms with van der Waals surface area (Å²) < 4.78 is 37.8. The lowest BCUT2D eigenvalue weighted by molar-refractivity contribution is -0.137. The van der Waals surface area contributed by atoms with Crippen LogP contribution in [0.5, 0.6) is 0 Å². The van der Waals surface area contributed by atoms with E-state index < -0.39 is 17.8 Å². The van der Waals surface area contributed by atoms with Gasteiger partial charge in [-0.2, -0.15) is 13.2 Å². The fourth-order valence-corrected chi connectivity index (χ4v) is 1.91. The molecule has 102 valence electrons. The largest absolute Gasteiger partial charge is 0.416 e. The molecule has 1 aromatic carbocycles. The van der Waals surface area contributed by atoms with Crippen LogP contribution in [0.3, 0.4) is 0 Å². The number of hydrogen-bond acceptors (Lipinski definition) is 2. The van der Waals surface area contributed by atoms with Gasteiger partial charge in [-0.15, -0.1) is 0 Å². The lowest BCUT2D eigenvalue weighted by Crippen LogP contribution is -2.13. The molecule has 1 rings (SSSR count). The van der Waals surface area contributed by atoms with Crippen LogP contribution >= 0.6 is 11.6 Å². The normalized spacial score (nSPS) is 13.7. The van der Waals surface area contributed by atoms with Crippen LogP contribution in [-0.2, 0) is 6.18 Å². The van der Waals surface area contributed by atoms with Crippen molar-refractivity contribution in [3.63, 3.8) is 0 Å². The highest BCUT2D eigenvalue weighted by atomic mass is 35.5. The summed E-state index contributed by atoms with van der Waals surface area (Å²) in [4.78, 5) is 0. The van der Waals surface area contributed by atoms with Crippen LogP contribution in [0.2, 0.25) is 5.02 Å². The van der Waals surface area contributed by atoms with Crippen molar-refractivity contribution < 1.29 is 13.2 Å². The first-order chi connectivity index (χ1) is 8.34. The van der Waals surface area contributed by atoms with Crippen molar-refractivity contribution in [2.24, 2.45) is 11.5 Å². The molecule has 0 radical (unpaired) electrons. The van der Waals surface area contributed by atoms with E-state index in [-0.39, 0.29) is 5.02 Å². The van der Waals surface area contributed by atoms with Crippen LogP contribution in [0.15, 0.2) is 18.2 Å². The Kier molecular flexibility index (Phi) is 5.44. The molecular formula is C12H16ClF3N2. The topological polar surface area (TPSA) is 52.0 Å². The van der Waals surface area contributed by atoms with Gasteiger partial charge in [-0.25, -0.2) is 0 Å². The minimum Gasteiger partial charge on any atom is -0.330 e. The standard InChI is InChI=1S/C12H16ClF3N2/c13-10-6-8(11(18)3-1-2-4-17)5-9(7-10)12(14,15)16/h5-7,11H,1-4,17-18H2/t11-/m1/s1. The van der Waals surface area contributed by atoms with Crippen molar-refractivity contribution in [1.82, 2.24) is 0 Å². The molecule has 0 bridgehead atoms. The van der Waals surface area contributed by atoms with E-state index in [0.29, 0.717) is 18.5 Å². The van der Waals surface area contributed by atoms with E-state index in [4.69, 9.17) is 23.1 Å². The quantitative estimate of drug-likeness (QED) is 0.811. The molecule has 0 fully saturated rings. The zero-order valence-corrected chi connectivity index (χ0v) is 10.6. The van der Waals surface area contributed by atoms with Gasteiger partial charge in [0.15, 0.2) is 0 Å². The third-order valence-corrected chi connectivity index (χ3v) is 2.86. The number of alkyl halides is 3. The molecule has 0 unspecified atom stereocenters. The number of nitrogens with two attached hydrogens (primary N) is 2. The van der Waals surface area contributed by atoms with Crippen LogP contribution in [0, 0.1) is 0 Å². The molecule has 0 aliphatic carbocycles. The van der Waals surface area contributed by atoms with Crippen LogP contribution in [0.25, 0.3) is 0 Å². The number of unbranched alkanes of at least 4 members (excludes halogenated alkanes) is 1. The minimum atomic E-state index is -4.41. The third-order valence-electron chi connectivity index (χ3n) is 2.64. The fraction of sp³-hybridized carbons (Fsp3) is 0.500. The van der Waals surface area contributed by atoms with E-state index in [1.54, 1.807) is 0 Å². The van der Waals surface area contributed by atoms with Gasteiger partial charge in [0.2, 0.25) is 0 Å². The van der Waals surface area contributed by atoms with Gasteiger partial charge >= 0.3 is 6.18 Å². The van der Waals surface area contributed by atoms with Crippen molar-refractivity contribution in [2.75, 3.05) is 6.54 Å². The molecular weight excluding hydrogens is 265 g/mol. The van der Waals surface area contributed by atoms with Crippen molar-refractivity contribution in [1.29, 1.82) is 0 Å². The van der Waals surface area contributed by atoms with E-state index in [9.17, 15) is 13.2 Å². The molecule has 1 aromatic rings. The van der Waals surface area contributed by atoms with Crippen LogP contribution in [0.1, 0.15) is 36.4 Å². The first-order valence-corrected chi connectivity index (χ1v) is 6.05. The van der Waals surface area contributed by atoms with E-state index in [1.165, 1.54) is 6.07 Å². The van der Waals surface area contributed by atoms with Crippen molar-refractivity contribution >= 4 is 11.6 Å². The Morgan fingerprint density at radius 2 is 1.83 bits per heavy atom. The average molecular weight is 281 g/mol. The fourth-order valence-electron chi connectivity index (χ4n) is 1.67. The van der Waals surface area contributed by atoms with Gasteiger partial charge in [-0.1, -0.05) is 18.0 Å². The Labute approximate surface area is 109 Å². The smallest absolute Gasteiger partial charge is 0.330 e. The van der Waals surface area contributed by atoms with E-state index >= 15 is 0 Å². The van der Waals surface area contributed by atoms with Crippen molar-refractivity contribution in [3.8, 4) is 0 Å². The Morgan fingerprint density at radius 3 is 2.39 bits per heavy atom. The highest BCUT2D eigenvalue weighted by molar-refractivity contribution is 6.30. The first kappa shape index (κ1) is 15.3. The zero-order valence-electron chi connectivity index (χ0n) is 9.80. The molecule has 0 heterocycles. The van der Waals surface area contributed by atoms with Gasteiger partial charge in [0.25, 0.3) is 0 Å². The molecule has 0 aromatic heterocycles. The minimum absolute atomic E-state index is 0.0501. The third kappa shape index (κ3) is 4.48. The maximum Gasteiger partial charge on any atom is 0.416 e. The Balaban J connectivity index is 2.85. The molecule has 0 amide bonds. The van der Waals surface area contributed by atoms with Crippen LogP contribution in [-0.4, -0.2) is 6.54 Å². The zero-order chi connectivity index (χ0) is 13.8. The second kappa shape index (κ2) is 6.41. The maximum absolute atomic E-state index is 12.6. The number of rotatable bonds is 5. The second-order valence-electron chi connectivity index (χ2n) is 4.16. The van der Waals surface area contributed by atoms with Gasteiger partial charge in [-0.3, -0.25) is 0 Å². The molecule has 0 saturated heterocycles. The number of halogens is 4. The van der Waals surface area contributed by atoms with E-state index in [0.717, 1.165) is 25.0 Å². The predicted octanol–water partition coefficient (Wildman–Crippen LogP) is 3.49. The summed E-state index contributed by atoms with van der Waals surface area (Å²) >= 11 is 5.69. The number of benzene rings is 1. The average Bonchev–Trinajstić information content (AvgIpc) is 2.27. The predicted molar refractivity (Wildman–Crippen MR) is 66.3 cm³/mol. The molecule has 4 N–H and O–H groups in total. The van der Waals surface area contributed by atoms with Gasteiger partial charge in [-0.05, 0) is 43.1 Å². The van der Waals surface area contributed by atoms with Crippen LogP contribution < -0.4 is 11.5 Å². The van der Waals surface area contributed by atoms with E-state index in [2.05, 4.69) is 0 Å². The molecule has 6 heteroatoms. The second-order valence-corrected chi connectivity index (χ2v) is 4.60. The molecule has 0 aliphatic rings. The van der Waals surface area contributed by atoms with E-state index in [1.807, 2.05) is 0 Å². The Hall–Kier alpha value is -0.780.